The first-order valence-electron chi connectivity index (χ1n) is 8.36. The highest BCUT2D eigenvalue weighted by atomic mass is 19.2. The van der Waals surface area contributed by atoms with Gasteiger partial charge in [-0.3, -0.25) is 29.0 Å². The Kier molecular flexibility index (Phi) is 4.57. The number of amides is 4. The molecule has 0 aromatic heterocycles. The molecule has 4 rings (SSSR count). The van der Waals surface area contributed by atoms with E-state index < -0.39 is 106 Å². The number of nitrogens with zero attached hydrogens (tertiary/aromatic N) is 2. The lowest BCUT2D eigenvalue weighted by Gasteiger charge is -2.18. The zero-order chi connectivity index (χ0) is 23.8. The minimum absolute atomic E-state index is 0.0210. The summed E-state index contributed by atoms with van der Waals surface area (Å²) in [4.78, 5) is 49.0. The maximum atomic E-state index is 13.9. The summed E-state index contributed by atoms with van der Waals surface area (Å²) in [6.45, 7) is -2.07. The first kappa shape index (κ1) is 21.4. The highest BCUT2D eigenvalue weighted by molar-refractivity contribution is 6.23. The maximum Gasteiger partial charge on any atom is 0.264 e. The first-order valence-corrected chi connectivity index (χ1v) is 8.36. The Hall–Kier alpha value is -3.84. The van der Waals surface area contributed by atoms with Crippen LogP contribution in [0.4, 0.5) is 35.1 Å². The second-order valence-corrected chi connectivity index (χ2v) is 6.54. The molecule has 0 saturated carbocycles. The molecule has 0 saturated heterocycles. The van der Waals surface area contributed by atoms with Crippen molar-refractivity contribution in [1.29, 1.82) is 0 Å². The van der Waals surface area contributed by atoms with Crippen molar-refractivity contribution in [2.45, 2.75) is 0 Å². The van der Waals surface area contributed by atoms with Gasteiger partial charge in [0, 0.05) is 13.1 Å². The van der Waals surface area contributed by atoms with E-state index in [0.29, 0.717) is 0 Å². The van der Waals surface area contributed by atoms with Gasteiger partial charge in [-0.2, -0.15) is 0 Å². The highest BCUT2D eigenvalue weighted by Crippen LogP contribution is 2.33. The van der Waals surface area contributed by atoms with Crippen molar-refractivity contribution in [3.8, 4) is 0 Å². The molecule has 0 unspecified atom stereocenters. The predicted molar refractivity (Wildman–Crippen MR) is 83.3 cm³/mol. The standard InChI is InChI=1S/C18H4F8N2O4/c19-7-3-4(8(20)12(24)11(7)23)16(30)27(15(3)29)1-2-28-17(31)5-6(18(28)32)10(22)14(26)13(25)9(5)21/h1-2H2. The molecule has 0 atom stereocenters. The topological polar surface area (TPSA) is 74.8 Å². The molecule has 0 radical (unpaired) electrons. The number of hydrogen-bond donors (Lipinski definition) is 0. The third-order valence-electron chi connectivity index (χ3n) is 4.92. The fraction of sp³-hybridized carbons (Fsp3) is 0.111. The Balaban J connectivity index is 1.65. The smallest absolute Gasteiger partial charge is 0.264 e. The van der Waals surface area contributed by atoms with Crippen LogP contribution in [0.1, 0.15) is 41.4 Å². The van der Waals surface area contributed by atoms with Crippen LogP contribution in [0.2, 0.25) is 0 Å². The fourth-order valence-electron chi connectivity index (χ4n) is 3.40. The van der Waals surface area contributed by atoms with E-state index in [-0.39, 0.29) is 9.80 Å². The number of fused-ring (bicyclic) bond motifs is 2. The van der Waals surface area contributed by atoms with Gasteiger partial charge in [-0.25, -0.2) is 35.1 Å². The molecule has 32 heavy (non-hydrogen) atoms. The van der Waals surface area contributed by atoms with Gasteiger partial charge >= 0.3 is 0 Å². The molecule has 2 aromatic rings. The van der Waals surface area contributed by atoms with Crippen LogP contribution in [0.3, 0.4) is 0 Å². The van der Waals surface area contributed by atoms with E-state index in [0.717, 1.165) is 0 Å². The molecule has 2 aromatic carbocycles. The van der Waals surface area contributed by atoms with Crippen molar-refractivity contribution >= 4 is 23.6 Å². The molecule has 0 fully saturated rings. The van der Waals surface area contributed by atoms with Crippen LogP contribution < -0.4 is 0 Å². The van der Waals surface area contributed by atoms with Crippen molar-refractivity contribution in [2.24, 2.45) is 0 Å². The minimum Gasteiger partial charge on any atom is -0.272 e. The zero-order valence-electron chi connectivity index (χ0n) is 15.0. The van der Waals surface area contributed by atoms with Gasteiger partial charge in [0.25, 0.3) is 23.6 Å². The van der Waals surface area contributed by atoms with Crippen LogP contribution in [0.5, 0.6) is 0 Å². The Morgan fingerprint density at radius 2 is 0.562 bits per heavy atom. The summed E-state index contributed by atoms with van der Waals surface area (Å²) in [7, 11) is 0. The molecule has 0 aliphatic carbocycles. The van der Waals surface area contributed by atoms with Crippen LogP contribution in [0.15, 0.2) is 0 Å². The van der Waals surface area contributed by atoms with Gasteiger partial charge in [0.15, 0.2) is 46.5 Å². The van der Waals surface area contributed by atoms with Crippen LogP contribution in [0, 0.1) is 46.5 Å². The quantitative estimate of drug-likeness (QED) is 0.303. The SMILES string of the molecule is O=C1c2c(F)c(F)c(F)c(F)c2C(=O)N1CCN1C(=O)c2c(F)c(F)c(F)c(F)c2C1=O. The summed E-state index contributed by atoms with van der Waals surface area (Å²) in [5.41, 5.74) is -5.74. The summed E-state index contributed by atoms with van der Waals surface area (Å²) in [5.74, 6) is -24.7. The number of imide groups is 2. The average Bonchev–Trinajstić information content (AvgIpc) is 3.15. The van der Waals surface area contributed by atoms with Gasteiger partial charge in [-0.15, -0.1) is 0 Å². The number of hydrogen-bond acceptors (Lipinski definition) is 4. The van der Waals surface area contributed by atoms with Crippen molar-refractivity contribution in [3.05, 3.63) is 68.8 Å². The van der Waals surface area contributed by atoms with Crippen molar-refractivity contribution in [1.82, 2.24) is 9.80 Å². The van der Waals surface area contributed by atoms with Crippen molar-refractivity contribution in [3.63, 3.8) is 0 Å². The van der Waals surface area contributed by atoms with E-state index in [1.54, 1.807) is 0 Å². The number of halogens is 8. The van der Waals surface area contributed by atoms with E-state index >= 15 is 0 Å². The van der Waals surface area contributed by atoms with Crippen molar-refractivity contribution < 1.29 is 54.3 Å². The third kappa shape index (κ3) is 2.51. The summed E-state index contributed by atoms with van der Waals surface area (Å²) in [5, 5.41) is 0. The van der Waals surface area contributed by atoms with Crippen LogP contribution in [0.25, 0.3) is 0 Å². The molecule has 6 nitrogen and oxygen atoms in total. The van der Waals surface area contributed by atoms with Crippen molar-refractivity contribution in [2.75, 3.05) is 13.1 Å². The summed E-state index contributed by atoms with van der Waals surface area (Å²) < 4.78 is 109. The van der Waals surface area contributed by atoms with Gasteiger partial charge in [-0.05, 0) is 0 Å². The largest absolute Gasteiger partial charge is 0.272 e. The molecule has 2 aliphatic rings. The summed E-state index contributed by atoms with van der Waals surface area (Å²) >= 11 is 0. The monoisotopic (exact) mass is 464 g/mol. The number of carbonyl (C=O) groups excluding carboxylic acids is 4. The van der Waals surface area contributed by atoms with E-state index in [4.69, 9.17) is 0 Å². The van der Waals surface area contributed by atoms with Gasteiger partial charge in [-0.1, -0.05) is 0 Å². The normalized spacial score (nSPS) is 15.2. The number of rotatable bonds is 3. The average molecular weight is 464 g/mol. The number of benzene rings is 2. The Bertz CT molecular complexity index is 1120. The number of carbonyl (C=O) groups is 4. The van der Waals surface area contributed by atoms with Crippen LogP contribution >= 0.6 is 0 Å². The molecule has 2 aliphatic heterocycles. The molecule has 0 bridgehead atoms. The molecule has 0 N–H and O–H groups in total. The lowest BCUT2D eigenvalue weighted by atomic mass is 10.1. The van der Waals surface area contributed by atoms with Crippen LogP contribution in [-0.2, 0) is 0 Å². The molecular weight excluding hydrogens is 460 g/mol. The van der Waals surface area contributed by atoms with Gasteiger partial charge in [0.2, 0.25) is 0 Å². The second-order valence-electron chi connectivity index (χ2n) is 6.54. The van der Waals surface area contributed by atoms with E-state index in [9.17, 15) is 54.3 Å². The second kappa shape index (κ2) is 6.83. The highest BCUT2D eigenvalue weighted by Gasteiger charge is 2.47. The van der Waals surface area contributed by atoms with Gasteiger partial charge in [0.05, 0.1) is 22.3 Å². The Morgan fingerprint density at radius 1 is 0.375 bits per heavy atom. The van der Waals surface area contributed by atoms with Crippen LogP contribution in [-0.4, -0.2) is 46.5 Å². The molecule has 4 amide bonds. The summed E-state index contributed by atoms with van der Waals surface area (Å²) in [6.07, 6.45) is 0. The molecule has 0 spiro atoms. The fourth-order valence-corrected chi connectivity index (χ4v) is 3.40. The predicted octanol–water partition coefficient (Wildman–Crippen LogP) is 2.69. The summed E-state index contributed by atoms with van der Waals surface area (Å²) in [6, 6.07) is 0. The molecule has 14 heteroatoms. The third-order valence-corrected chi connectivity index (χ3v) is 4.92. The first-order chi connectivity index (χ1) is 14.9. The van der Waals surface area contributed by atoms with E-state index in [1.807, 2.05) is 0 Å². The lowest BCUT2D eigenvalue weighted by Crippen LogP contribution is -2.40. The lowest BCUT2D eigenvalue weighted by molar-refractivity contribution is 0.0557. The minimum atomic E-state index is -2.36. The molecule has 166 valence electrons. The Morgan fingerprint density at radius 3 is 0.750 bits per heavy atom. The molecule has 2 heterocycles. The van der Waals surface area contributed by atoms with E-state index in [2.05, 4.69) is 0 Å². The molecular formula is C18H4F8N2O4. The van der Waals surface area contributed by atoms with Gasteiger partial charge in [0.1, 0.15) is 0 Å². The maximum absolute atomic E-state index is 13.9. The van der Waals surface area contributed by atoms with E-state index in [1.165, 1.54) is 0 Å². The Labute approximate surface area is 170 Å². The zero-order valence-corrected chi connectivity index (χ0v) is 15.0. The van der Waals surface area contributed by atoms with Gasteiger partial charge < -0.3 is 0 Å².